The van der Waals surface area contributed by atoms with Crippen molar-refractivity contribution in [2.75, 3.05) is 13.2 Å². The minimum Gasteiger partial charge on any atom is -0.490 e. The molecular formula is C18H21N3O3S. The lowest BCUT2D eigenvalue weighted by Gasteiger charge is -2.13. The molecule has 0 bridgehead atoms. The topological polar surface area (TPSA) is 64.9 Å². The smallest absolute Gasteiger partial charge is 0.251 e. The fourth-order valence-electron chi connectivity index (χ4n) is 2.38. The van der Waals surface area contributed by atoms with Crippen LogP contribution >= 0.6 is 11.3 Å². The lowest BCUT2D eigenvalue weighted by Crippen LogP contribution is -2.23. The Morgan fingerprint density at radius 3 is 2.92 bits per heavy atom. The van der Waals surface area contributed by atoms with Gasteiger partial charge in [0.15, 0.2) is 16.5 Å². The Hall–Kier alpha value is -2.54. The van der Waals surface area contributed by atoms with Gasteiger partial charge in [0.2, 0.25) is 0 Å². The van der Waals surface area contributed by atoms with Gasteiger partial charge in [0.1, 0.15) is 0 Å². The molecule has 2 aromatic heterocycles. The van der Waals surface area contributed by atoms with Crippen molar-refractivity contribution in [1.29, 1.82) is 0 Å². The molecule has 3 rings (SSSR count). The van der Waals surface area contributed by atoms with Gasteiger partial charge < -0.3 is 14.8 Å². The molecule has 0 aliphatic carbocycles. The van der Waals surface area contributed by atoms with Gasteiger partial charge in [0.25, 0.3) is 5.91 Å². The van der Waals surface area contributed by atoms with Crippen LogP contribution in [0, 0.1) is 0 Å². The van der Waals surface area contributed by atoms with E-state index in [1.165, 1.54) is 0 Å². The van der Waals surface area contributed by atoms with Crippen LogP contribution in [0.3, 0.4) is 0 Å². The Balaban J connectivity index is 1.67. The van der Waals surface area contributed by atoms with E-state index in [0.29, 0.717) is 36.8 Å². The van der Waals surface area contributed by atoms with Gasteiger partial charge in [-0.2, -0.15) is 0 Å². The van der Waals surface area contributed by atoms with Crippen LogP contribution in [0.4, 0.5) is 0 Å². The summed E-state index contributed by atoms with van der Waals surface area (Å²) in [4.78, 5) is 17.8. The van der Waals surface area contributed by atoms with Crippen LogP contribution in [-0.2, 0) is 6.54 Å². The number of carbonyl (C=O) groups excluding carboxylic acids is 1. The first kappa shape index (κ1) is 17.3. The number of carbonyl (C=O) groups is 1. The third-order valence-electron chi connectivity index (χ3n) is 3.54. The second kappa shape index (κ2) is 8.02. The molecule has 0 unspecified atom stereocenters. The van der Waals surface area contributed by atoms with Crippen LogP contribution in [0.5, 0.6) is 11.5 Å². The average Bonchev–Trinajstić information content (AvgIpc) is 3.20. The summed E-state index contributed by atoms with van der Waals surface area (Å²) in [6.07, 6.45) is 4.77. The van der Waals surface area contributed by atoms with Crippen molar-refractivity contribution in [3.8, 4) is 11.5 Å². The van der Waals surface area contributed by atoms with E-state index in [4.69, 9.17) is 9.47 Å². The Kier molecular flexibility index (Phi) is 5.55. The quantitative estimate of drug-likeness (QED) is 0.668. The van der Waals surface area contributed by atoms with Crippen molar-refractivity contribution in [3.05, 3.63) is 47.2 Å². The highest BCUT2D eigenvalue weighted by Gasteiger charge is 2.12. The standard InChI is InChI=1S/C18H21N3O3S/c1-3-8-24-15-6-5-13(10-16(15)23-4-2)17(22)19-11-14-12-21-7-9-25-18(21)20-14/h5-7,9-10,12H,3-4,8,11H2,1-2H3,(H,19,22). The largest absolute Gasteiger partial charge is 0.490 e. The summed E-state index contributed by atoms with van der Waals surface area (Å²) in [6, 6.07) is 5.24. The van der Waals surface area contributed by atoms with Crippen molar-refractivity contribution in [2.45, 2.75) is 26.8 Å². The molecule has 1 amide bonds. The molecule has 2 heterocycles. The number of fused-ring (bicyclic) bond motifs is 1. The van der Waals surface area contributed by atoms with Gasteiger partial charge in [-0.3, -0.25) is 9.20 Å². The molecule has 25 heavy (non-hydrogen) atoms. The summed E-state index contributed by atoms with van der Waals surface area (Å²) in [7, 11) is 0. The molecule has 0 radical (unpaired) electrons. The molecule has 0 aliphatic heterocycles. The van der Waals surface area contributed by atoms with Crippen molar-refractivity contribution >= 4 is 22.2 Å². The summed E-state index contributed by atoms with van der Waals surface area (Å²) >= 11 is 1.56. The summed E-state index contributed by atoms with van der Waals surface area (Å²) in [5.74, 6) is 1.08. The van der Waals surface area contributed by atoms with Crippen molar-refractivity contribution in [2.24, 2.45) is 0 Å². The van der Waals surface area contributed by atoms with Gasteiger partial charge in [-0.15, -0.1) is 11.3 Å². The average molecular weight is 359 g/mol. The second-order valence-corrected chi connectivity index (χ2v) is 6.32. The van der Waals surface area contributed by atoms with Crippen molar-refractivity contribution in [1.82, 2.24) is 14.7 Å². The van der Waals surface area contributed by atoms with E-state index < -0.39 is 0 Å². The molecule has 0 spiro atoms. The maximum absolute atomic E-state index is 12.4. The number of hydrogen-bond acceptors (Lipinski definition) is 5. The molecule has 7 heteroatoms. The number of thiazole rings is 1. The van der Waals surface area contributed by atoms with Crippen LogP contribution in [0.15, 0.2) is 36.0 Å². The molecule has 1 N–H and O–H groups in total. The van der Waals surface area contributed by atoms with Crippen molar-refractivity contribution in [3.63, 3.8) is 0 Å². The molecule has 132 valence electrons. The number of nitrogens with zero attached hydrogens (tertiary/aromatic N) is 2. The van der Waals surface area contributed by atoms with Gasteiger partial charge in [-0.25, -0.2) is 4.98 Å². The van der Waals surface area contributed by atoms with E-state index in [1.807, 2.05) is 36.0 Å². The first-order valence-electron chi connectivity index (χ1n) is 8.30. The summed E-state index contributed by atoms with van der Waals surface area (Å²) < 4.78 is 13.2. The van der Waals surface area contributed by atoms with E-state index in [0.717, 1.165) is 17.1 Å². The molecule has 3 aromatic rings. The normalized spacial score (nSPS) is 10.8. The molecular weight excluding hydrogens is 338 g/mol. The zero-order valence-corrected chi connectivity index (χ0v) is 15.1. The SMILES string of the molecule is CCCOc1ccc(C(=O)NCc2cn3ccsc3n2)cc1OCC. The predicted octanol–water partition coefficient (Wildman–Crippen LogP) is 3.51. The molecule has 0 atom stereocenters. The number of ether oxygens (including phenoxy) is 2. The highest BCUT2D eigenvalue weighted by Crippen LogP contribution is 2.28. The Morgan fingerprint density at radius 1 is 1.28 bits per heavy atom. The monoisotopic (exact) mass is 359 g/mol. The highest BCUT2D eigenvalue weighted by molar-refractivity contribution is 7.15. The van der Waals surface area contributed by atoms with Gasteiger partial charge in [-0.1, -0.05) is 6.92 Å². The van der Waals surface area contributed by atoms with Gasteiger partial charge in [0, 0.05) is 23.3 Å². The summed E-state index contributed by atoms with van der Waals surface area (Å²) in [6.45, 7) is 5.45. The molecule has 0 fully saturated rings. The van der Waals surface area contributed by atoms with Gasteiger partial charge in [0.05, 0.1) is 25.5 Å². The molecule has 6 nitrogen and oxygen atoms in total. The van der Waals surface area contributed by atoms with Crippen LogP contribution in [0.25, 0.3) is 4.96 Å². The number of hydrogen-bond donors (Lipinski definition) is 1. The number of amides is 1. The predicted molar refractivity (Wildman–Crippen MR) is 97.6 cm³/mol. The first-order valence-corrected chi connectivity index (χ1v) is 9.18. The summed E-state index contributed by atoms with van der Waals surface area (Å²) in [5.41, 5.74) is 1.36. The van der Waals surface area contributed by atoms with Crippen LogP contribution in [0.1, 0.15) is 36.3 Å². The second-order valence-electron chi connectivity index (χ2n) is 5.45. The van der Waals surface area contributed by atoms with Crippen LogP contribution < -0.4 is 14.8 Å². The van der Waals surface area contributed by atoms with Crippen molar-refractivity contribution < 1.29 is 14.3 Å². The molecule has 0 saturated carbocycles. The maximum atomic E-state index is 12.4. The van der Waals surface area contributed by atoms with E-state index in [2.05, 4.69) is 10.3 Å². The zero-order chi connectivity index (χ0) is 17.6. The number of rotatable bonds is 8. The molecule has 0 aliphatic rings. The van der Waals surface area contributed by atoms with Crippen LogP contribution in [-0.4, -0.2) is 28.5 Å². The molecule has 0 saturated heterocycles. The Bertz CT molecular complexity index is 828. The number of nitrogens with one attached hydrogen (secondary N) is 1. The Morgan fingerprint density at radius 2 is 2.16 bits per heavy atom. The lowest BCUT2D eigenvalue weighted by molar-refractivity contribution is 0.0950. The lowest BCUT2D eigenvalue weighted by atomic mass is 10.2. The third kappa shape index (κ3) is 4.11. The van der Waals surface area contributed by atoms with E-state index in [9.17, 15) is 4.79 Å². The van der Waals surface area contributed by atoms with E-state index in [1.54, 1.807) is 29.5 Å². The zero-order valence-electron chi connectivity index (χ0n) is 14.3. The minimum atomic E-state index is -0.167. The summed E-state index contributed by atoms with van der Waals surface area (Å²) in [5, 5.41) is 4.87. The first-order chi connectivity index (χ1) is 12.2. The minimum absolute atomic E-state index is 0.167. The number of imidazole rings is 1. The maximum Gasteiger partial charge on any atom is 0.251 e. The molecule has 1 aromatic carbocycles. The number of aromatic nitrogens is 2. The highest BCUT2D eigenvalue weighted by atomic mass is 32.1. The van der Waals surface area contributed by atoms with Crippen LogP contribution in [0.2, 0.25) is 0 Å². The van der Waals surface area contributed by atoms with Gasteiger partial charge in [-0.05, 0) is 31.5 Å². The van der Waals surface area contributed by atoms with E-state index >= 15 is 0 Å². The fourth-order valence-corrected chi connectivity index (χ4v) is 3.10. The Labute approximate surface area is 150 Å². The number of benzene rings is 1. The fraction of sp³-hybridized carbons (Fsp3) is 0.333. The van der Waals surface area contributed by atoms with E-state index in [-0.39, 0.29) is 5.91 Å². The third-order valence-corrected chi connectivity index (χ3v) is 4.31. The van der Waals surface area contributed by atoms with Gasteiger partial charge >= 0.3 is 0 Å².